The number of nitrogens with zero attached hydrogens (tertiary/aromatic N) is 1. The third-order valence-electron chi connectivity index (χ3n) is 3.25. The predicted molar refractivity (Wildman–Crippen MR) is 84.8 cm³/mol. The molecule has 0 spiro atoms. The highest BCUT2D eigenvalue weighted by atomic mass is 16.3. The Kier molecular flexibility index (Phi) is 3.60. The van der Waals surface area contributed by atoms with Crippen molar-refractivity contribution in [1.29, 1.82) is 0 Å². The van der Waals surface area contributed by atoms with Crippen molar-refractivity contribution in [1.82, 2.24) is 10.4 Å². The third kappa shape index (κ3) is 2.93. The van der Waals surface area contributed by atoms with Crippen molar-refractivity contribution in [3.05, 3.63) is 53.7 Å². The molecule has 0 aliphatic carbocycles. The monoisotopic (exact) mass is 311 g/mol. The minimum atomic E-state index is -0.678. The third-order valence-corrected chi connectivity index (χ3v) is 3.25. The predicted octanol–water partition coefficient (Wildman–Crippen LogP) is 2.05. The molecule has 0 aliphatic rings. The summed E-state index contributed by atoms with van der Waals surface area (Å²) in [4.78, 5) is 15.0. The summed E-state index contributed by atoms with van der Waals surface area (Å²) in [7, 11) is 0. The zero-order chi connectivity index (χ0) is 16.4. The number of benzene rings is 2. The van der Waals surface area contributed by atoms with Crippen molar-refractivity contribution >= 4 is 23.0 Å². The molecular formula is C16H13N3O4. The number of hydrogen-bond acceptors (Lipinski definition) is 5. The SMILES string of the molecule is O=C(N/N=C/c1cc2ccccc2[nH]1)c1cc(O)c(O)c(O)c1. The molecule has 0 saturated heterocycles. The molecule has 0 saturated carbocycles. The molecule has 3 rings (SSSR count). The second kappa shape index (κ2) is 5.72. The van der Waals surface area contributed by atoms with E-state index >= 15 is 0 Å². The Morgan fingerprint density at radius 1 is 1.09 bits per heavy atom. The maximum absolute atomic E-state index is 11.9. The Labute approximate surface area is 130 Å². The fourth-order valence-electron chi connectivity index (χ4n) is 2.13. The summed E-state index contributed by atoms with van der Waals surface area (Å²) in [6.45, 7) is 0. The van der Waals surface area contributed by atoms with Gasteiger partial charge in [-0.1, -0.05) is 18.2 Å². The number of carbonyl (C=O) groups is 1. The molecule has 0 bridgehead atoms. The molecule has 3 aromatic rings. The average Bonchev–Trinajstić information content (AvgIpc) is 2.94. The van der Waals surface area contributed by atoms with Crippen molar-refractivity contribution in [3.8, 4) is 17.2 Å². The molecule has 0 atom stereocenters. The number of nitrogens with one attached hydrogen (secondary N) is 2. The standard InChI is InChI=1S/C16H13N3O4/c20-13-6-10(7-14(21)15(13)22)16(23)19-17-8-11-5-9-3-1-2-4-12(9)18-11/h1-8,18,20-22H,(H,19,23)/b17-8+. The van der Waals surface area contributed by atoms with E-state index in [0.717, 1.165) is 23.0 Å². The Hall–Kier alpha value is -3.48. The van der Waals surface area contributed by atoms with E-state index in [9.17, 15) is 20.1 Å². The Bertz CT molecular complexity index is 859. The van der Waals surface area contributed by atoms with Gasteiger partial charge in [0.25, 0.3) is 5.91 Å². The minimum Gasteiger partial charge on any atom is -0.504 e. The number of hydrazone groups is 1. The minimum absolute atomic E-state index is 0.0356. The van der Waals surface area contributed by atoms with Gasteiger partial charge in [0.05, 0.1) is 11.9 Å². The van der Waals surface area contributed by atoms with Gasteiger partial charge in [0.2, 0.25) is 0 Å². The van der Waals surface area contributed by atoms with E-state index in [1.165, 1.54) is 6.21 Å². The van der Waals surface area contributed by atoms with Crippen LogP contribution in [0.4, 0.5) is 0 Å². The summed E-state index contributed by atoms with van der Waals surface area (Å²) >= 11 is 0. The molecule has 0 radical (unpaired) electrons. The number of H-pyrrole nitrogens is 1. The number of aromatic amines is 1. The molecule has 23 heavy (non-hydrogen) atoms. The highest BCUT2D eigenvalue weighted by Gasteiger charge is 2.12. The van der Waals surface area contributed by atoms with Crippen molar-refractivity contribution in [2.45, 2.75) is 0 Å². The Balaban J connectivity index is 1.73. The average molecular weight is 311 g/mol. The first-order valence-electron chi connectivity index (χ1n) is 6.70. The summed E-state index contributed by atoms with van der Waals surface area (Å²) in [5, 5.41) is 32.8. The molecule has 7 nitrogen and oxygen atoms in total. The van der Waals surface area contributed by atoms with Crippen LogP contribution in [0.15, 0.2) is 47.6 Å². The summed E-state index contributed by atoms with van der Waals surface area (Å²) in [5.74, 6) is -2.49. The molecule has 5 N–H and O–H groups in total. The molecule has 0 aliphatic heterocycles. The summed E-state index contributed by atoms with van der Waals surface area (Å²) in [5.41, 5.74) is 3.90. The summed E-state index contributed by atoms with van der Waals surface area (Å²) in [6.07, 6.45) is 1.44. The topological polar surface area (TPSA) is 118 Å². The molecule has 1 aromatic heterocycles. The maximum atomic E-state index is 11.9. The van der Waals surface area contributed by atoms with E-state index in [4.69, 9.17) is 0 Å². The summed E-state index contributed by atoms with van der Waals surface area (Å²) < 4.78 is 0. The van der Waals surface area contributed by atoms with E-state index < -0.39 is 23.2 Å². The van der Waals surface area contributed by atoms with Crippen molar-refractivity contribution < 1.29 is 20.1 Å². The van der Waals surface area contributed by atoms with Crippen LogP contribution < -0.4 is 5.43 Å². The zero-order valence-electron chi connectivity index (χ0n) is 11.8. The van der Waals surface area contributed by atoms with Crippen molar-refractivity contribution in [3.63, 3.8) is 0 Å². The molecule has 1 heterocycles. The van der Waals surface area contributed by atoms with E-state index in [0.29, 0.717) is 5.69 Å². The molecule has 2 aromatic carbocycles. The maximum Gasteiger partial charge on any atom is 0.271 e. The molecule has 1 amide bonds. The van der Waals surface area contributed by atoms with E-state index in [1.54, 1.807) is 0 Å². The van der Waals surface area contributed by atoms with Crippen LogP contribution in [0.1, 0.15) is 16.1 Å². The lowest BCUT2D eigenvalue weighted by Gasteiger charge is -2.04. The Morgan fingerprint density at radius 3 is 2.48 bits per heavy atom. The number of hydrogen-bond donors (Lipinski definition) is 5. The van der Waals surface area contributed by atoms with Gasteiger partial charge < -0.3 is 20.3 Å². The number of carbonyl (C=O) groups excluding carboxylic acids is 1. The number of fused-ring (bicyclic) bond motifs is 1. The largest absolute Gasteiger partial charge is 0.504 e. The first-order chi connectivity index (χ1) is 11.0. The molecule has 116 valence electrons. The highest BCUT2D eigenvalue weighted by Crippen LogP contribution is 2.35. The fraction of sp³-hybridized carbons (Fsp3) is 0. The number of phenolic OH excluding ortho intramolecular Hbond substituents is 3. The summed E-state index contributed by atoms with van der Waals surface area (Å²) in [6, 6.07) is 11.6. The van der Waals surface area contributed by atoms with Crippen LogP contribution in [0.3, 0.4) is 0 Å². The van der Waals surface area contributed by atoms with Crippen LogP contribution in [0.25, 0.3) is 10.9 Å². The molecule has 0 fully saturated rings. The lowest BCUT2D eigenvalue weighted by molar-refractivity contribution is 0.0954. The smallest absolute Gasteiger partial charge is 0.271 e. The van der Waals surface area contributed by atoms with E-state index in [2.05, 4.69) is 15.5 Å². The number of phenols is 3. The van der Waals surface area contributed by atoms with E-state index in [-0.39, 0.29) is 5.56 Å². The molecule has 7 heteroatoms. The van der Waals surface area contributed by atoms with Gasteiger partial charge in [-0.05, 0) is 24.3 Å². The number of para-hydroxylation sites is 1. The van der Waals surface area contributed by atoms with Crippen LogP contribution in [0.2, 0.25) is 0 Å². The van der Waals surface area contributed by atoms with Crippen molar-refractivity contribution in [2.75, 3.05) is 0 Å². The van der Waals surface area contributed by atoms with E-state index in [1.807, 2.05) is 30.3 Å². The van der Waals surface area contributed by atoms with Gasteiger partial charge >= 0.3 is 0 Å². The first kappa shape index (κ1) is 14.5. The number of aromatic nitrogens is 1. The molecule has 0 unspecified atom stereocenters. The highest BCUT2D eigenvalue weighted by molar-refractivity contribution is 5.96. The first-order valence-corrected chi connectivity index (χ1v) is 6.70. The number of aromatic hydroxyl groups is 3. The van der Waals surface area contributed by atoms with Gasteiger partial charge in [0.1, 0.15) is 0 Å². The Morgan fingerprint density at radius 2 is 1.78 bits per heavy atom. The van der Waals surface area contributed by atoms with Gasteiger partial charge in [-0.15, -0.1) is 0 Å². The zero-order valence-corrected chi connectivity index (χ0v) is 11.8. The molecular weight excluding hydrogens is 298 g/mol. The van der Waals surface area contributed by atoms with Crippen LogP contribution in [-0.2, 0) is 0 Å². The van der Waals surface area contributed by atoms with Gasteiger partial charge in [-0.25, -0.2) is 5.43 Å². The van der Waals surface area contributed by atoms with Crippen LogP contribution in [0.5, 0.6) is 17.2 Å². The second-order valence-corrected chi connectivity index (χ2v) is 4.87. The lowest BCUT2D eigenvalue weighted by Crippen LogP contribution is -2.17. The lowest BCUT2D eigenvalue weighted by atomic mass is 10.2. The number of amides is 1. The quantitative estimate of drug-likeness (QED) is 0.289. The van der Waals surface area contributed by atoms with Gasteiger partial charge in [0.15, 0.2) is 17.2 Å². The normalized spacial score (nSPS) is 11.1. The van der Waals surface area contributed by atoms with Gasteiger partial charge in [-0.2, -0.15) is 5.10 Å². The van der Waals surface area contributed by atoms with Crippen LogP contribution in [-0.4, -0.2) is 32.4 Å². The number of rotatable bonds is 3. The van der Waals surface area contributed by atoms with Gasteiger partial charge in [0, 0.05) is 16.5 Å². The van der Waals surface area contributed by atoms with Crippen LogP contribution >= 0.6 is 0 Å². The fourth-order valence-corrected chi connectivity index (χ4v) is 2.13. The van der Waals surface area contributed by atoms with Crippen LogP contribution in [0, 0.1) is 0 Å². The van der Waals surface area contributed by atoms with Crippen molar-refractivity contribution in [2.24, 2.45) is 5.10 Å². The second-order valence-electron chi connectivity index (χ2n) is 4.87. The van der Waals surface area contributed by atoms with Gasteiger partial charge in [-0.3, -0.25) is 4.79 Å².